The number of hydrogen-bond donors (Lipinski definition) is 1. The minimum Gasteiger partial charge on any atom is -0.462 e. The zero-order valence-corrected chi connectivity index (χ0v) is 23.5. The number of hydrogen-bond acceptors (Lipinski definition) is 8. The molecule has 1 amide bonds. The minimum absolute atomic E-state index is 0.0432. The quantitative estimate of drug-likeness (QED) is 0.395. The van der Waals surface area contributed by atoms with Gasteiger partial charge in [0.15, 0.2) is 9.84 Å². The van der Waals surface area contributed by atoms with Gasteiger partial charge in [-0.05, 0) is 53.8 Å². The monoisotopic (exact) mass is 550 g/mol. The summed E-state index contributed by atoms with van der Waals surface area (Å²) < 4.78 is 29.1. The third-order valence-corrected chi connectivity index (χ3v) is 8.69. The first kappa shape index (κ1) is 28.2. The fourth-order valence-electron chi connectivity index (χ4n) is 4.64. The van der Waals surface area contributed by atoms with Crippen molar-refractivity contribution in [3.63, 3.8) is 0 Å². The molecular formula is C29H34N4O5S. The van der Waals surface area contributed by atoms with E-state index < -0.39 is 15.8 Å². The third kappa shape index (κ3) is 6.44. The third-order valence-electron chi connectivity index (χ3n) is 6.94. The summed E-state index contributed by atoms with van der Waals surface area (Å²) in [5.41, 5.74) is 3.89. The molecule has 0 spiro atoms. The van der Waals surface area contributed by atoms with E-state index in [4.69, 9.17) is 4.74 Å². The summed E-state index contributed by atoms with van der Waals surface area (Å²) in [6, 6.07) is 12.4. The van der Waals surface area contributed by atoms with Crippen LogP contribution < -0.4 is 10.2 Å². The smallest absolute Gasteiger partial charge is 0.341 e. The van der Waals surface area contributed by atoms with Gasteiger partial charge in [-0.25, -0.2) is 23.2 Å². The summed E-state index contributed by atoms with van der Waals surface area (Å²) in [5, 5.41) is 2.93. The van der Waals surface area contributed by atoms with Crippen LogP contribution in [0.4, 0.5) is 5.95 Å². The predicted octanol–water partition coefficient (Wildman–Crippen LogP) is 4.14. The van der Waals surface area contributed by atoms with Crippen LogP contribution in [-0.4, -0.2) is 49.2 Å². The van der Waals surface area contributed by atoms with Crippen molar-refractivity contribution >= 4 is 27.7 Å². The Morgan fingerprint density at radius 3 is 2.36 bits per heavy atom. The maximum atomic E-state index is 13.0. The van der Waals surface area contributed by atoms with Crippen molar-refractivity contribution in [3.05, 3.63) is 82.7 Å². The molecule has 1 aliphatic heterocycles. The molecule has 2 aromatic carbocycles. The van der Waals surface area contributed by atoms with Gasteiger partial charge in [-0.3, -0.25) is 4.79 Å². The predicted molar refractivity (Wildman–Crippen MR) is 148 cm³/mol. The van der Waals surface area contributed by atoms with Gasteiger partial charge in [0.05, 0.1) is 22.8 Å². The minimum atomic E-state index is -3.26. The van der Waals surface area contributed by atoms with E-state index in [9.17, 15) is 18.0 Å². The van der Waals surface area contributed by atoms with Crippen LogP contribution >= 0.6 is 0 Å². The Bertz CT molecular complexity index is 1440. The number of carbonyl (C=O) groups is 2. The normalized spacial score (nSPS) is 15.1. The highest BCUT2D eigenvalue weighted by molar-refractivity contribution is 7.91. The van der Waals surface area contributed by atoms with Gasteiger partial charge in [-0.15, -0.1) is 0 Å². The van der Waals surface area contributed by atoms with Gasteiger partial charge in [0, 0.05) is 43.5 Å². The molecule has 1 N–H and O–H groups in total. The molecule has 0 unspecified atom stereocenters. The molecular weight excluding hydrogens is 516 g/mol. The number of sulfone groups is 1. The highest BCUT2D eigenvalue weighted by Crippen LogP contribution is 2.35. The molecule has 39 heavy (non-hydrogen) atoms. The second kappa shape index (κ2) is 11.9. The zero-order valence-electron chi connectivity index (χ0n) is 22.7. The Morgan fingerprint density at radius 1 is 1.05 bits per heavy atom. The number of aromatic nitrogens is 2. The van der Waals surface area contributed by atoms with Crippen molar-refractivity contribution in [1.29, 1.82) is 0 Å². The first-order chi connectivity index (χ1) is 18.6. The van der Waals surface area contributed by atoms with Crippen LogP contribution in [0, 0.1) is 5.92 Å². The fraction of sp³-hybridized carbons (Fsp3) is 0.379. The van der Waals surface area contributed by atoms with Crippen LogP contribution in [0.25, 0.3) is 0 Å². The summed E-state index contributed by atoms with van der Waals surface area (Å²) in [4.78, 5) is 36.2. The molecule has 2 heterocycles. The van der Waals surface area contributed by atoms with E-state index in [1.54, 1.807) is 38.1 Å². The lowest BCUT2D eigenvalue weighted by molar-refractivity contribution is 0.0525. The number of nitrogens with zero attached hydrogens (tertiary/aromatic N) is 3. The maximum absolute atomic E-state index is 13.0. The number of amides is 1. The highest BCUT2D eigenvalue weighted by Gasteiger charge is 2.29. The van der Waals surface area contributed by atoms with Crippen LogP contribution in [0.2, 0.25) is 0 Å². The number of ether oxygens (including phenoxy) is 1. The van der Waals surface area contributed by atoms with Gasteiger partial charge in [0.1, 0.15) is 0 Å². The van der Waals surface area contributed by atoms with Gasteiger partial charge in [0.2, 0.25) is 5.95 Å². The summed E-state index contributed by atoms with van der Waals surface area (Å²) in [6.07, 6.45) is 2.96. The fourth-order valence-corrected chi connectivity index (χ4v) is 5.53. The number of benzene rings is 2. The van der Waals surface area contributed by atoms with Crippen LogP contribution in [-0.2, 0) is 27.7 Å². The number of nitrogens with one attached hydrogen (secondary N) is 1. The largest absolute Gasteiger partial charge is 0.462 e. The first-order valence-electron chi connectivity index (χ1n) is 13.1. The molecule has 0 saturated heterocycles. The molecule has 0 saturated carbocycles. The van der Waals surface area contributed by atoms with E-state index in [-0.39, 0.29) is 35.6 Å². The molecule has 0 bridgehead atoms. The summed E-state index contributed by atoms with van der Waals surface area (Å²) in [7, 11) is -3.26. The summed E-state index contributed by atoms with van der Waals surface area (Å²) >= 11 is 0. The van der Waals surface area contributed by atoms with E-state index in [0.717, 1.165) is 17.7 Å². The highest BCUT2D eigenvalue weighted by atomic mass is 32.2. The van der Waals surface area contributed by atoms with Gasteiger partial charge in [0.25, 0.3) is 5.91 Å². The summed E-state index contributed by atoms with van der Waals surface area (Å²) in [5.74, 6) is 0.466. The Hall–Kier alpha value is -3.79. The van der Waals surface area contributed by atoms with Crippen molar-refractivity contribution in [1.82, 2.24) is 15.3 Å². The molecule has 4 rings (SSSR count). The number of esters is 1. The van der Waals surface area contributed by atoms with Gasteiger partial charge in [-0.1, -0.05) is 39.0 Å². The standard InChI is InChI=1S/C29H34N4O5S/c1-5-38-28(35)23-15-31-29(32-16-23)33-17-22-13-21(9-12-25(22)26(18-33)19(3)4)27(34)30-14-20-7-10-24(11-8-20)39(36,37)6-2/h7-13,15-16,19,26H,5-6,14,17-18H2,1-4H3,(H,30,34)/t26-/m0/s1. The number of fused-ring (bicyclic) bond motifs is 1. The lowest BCUT2D eigenvalue weighted by Crippen LogP contribution is -2.37. The van der Waals surface area contributed by atoms with Crippen LogP contribution in [0.1, 0.15) is 71.0 Å². The zero-order chi connectivity index (χ0) is 28.2. The molecule has 206 valence electrons. The molecule has 10 heteroatoms. The average molecular weight is 551 g/mol. The molecule has 3 aromatic rings. The first-order valence-corrected chi connectivity index (χ1v) is 14.7. The van der Waals surface area contributed by atoms with Crippen LogP contribution in [0.15, 0.2) is 59.8 Å². The van der Waals surface area contributed by atoms with Crippen molar-refractivity contribution in [2.24, 2.45) is 5.92 Å². The van der Waals surface area contributed by atoms with Crippen molar-refractivity contribution < 1.29 is 22.7 Å². The number of rotatable bonds is 9. The van der Waals surface area contributed by atoms with E-state index in [2.05, 4.69) is 34.0 Å². The molecule has 1 aliphatic rings. The van der Waals surface area contributed by atoms with E-state index in [1.165, 1.54) is 18.0 Å². The molecule has 0 aliphatic carbocycles. The molecule has 0 radical (unpaired) electrons. The Labute approximate surface area is 229 Å². The van der Waals surface area contributed by atoms with Crippen molar-refractivity contribution in [2.75, 3.05) is 23.8 Å². The Kier molecular flexibility index (Phi) is 8.64. The Morgan fingerprint density at radius 2 is 1.74 bits per heavy atom. The Balaban J connectivity index is 1.49. The topological polar surface area (TPSA) is 119 Å². The molecule has 9 nitrogen and oxygen atoms in total. The second-order valence-electron chi connectivity index (χ2n) is 9.87. The van der Waals surface area contributed by atoms with Gasteiger partial charge in [-0.2, -0.15) is 0 Å². The lowest BCUT2D eigenvalue weighted by Gasteiger charge is -2.37. The van der Waals surface area contributed by atoms with Crippen molar-refractivity contribution in [3.8, 4) is 0 Å². The van der Waals surface area contributed by atoms with Gasteiger partial charge < -0.3 is 15.0 Å². The van der Waals surface area contributed by atoms with Crippen molar-refractivity contribution in [2.45, 2.75) is 51.6 Å². The summed E-state index contributed by atoms with van der Waals surface area (Å²) in [6.45, 7) is 9.51. The molecule has 0 fully saturated rings. The average Bonchev–Trinajstić information content (AvgIpc) is 2.95. The maximum Gasteiger partial charge on any atom is 0.341 e. The van der Waals surface area contributed by atoms with E-state index in [1.807, 2.05) is 18.2 Å². The lowest BCUT2D eigenvalue weighted by atomic mass is 9.82. The van der Waals surface area contributed by atoms with E-state index >= 15 is 0 Å². The molecule has 1 atom stereocenters. The van der Waals surface area contributed by atoms with Crippen LogP contribution in [0.3, 0.4) is 0 Å². The second-order valence-corrected chi connectivity index (χ2v) is 12.1. The van der Waals surface area contributed by atoms with Crippen LogP contribution in [0.5, 0.6) is 0 Å². The molecule has 1 aromatic heterocycles. The number of anilines is 1. The SMILES string of the molecule is CCOC(=O)c1cnc(N2Cc3cc(C(=O)NCc4ccc(S(=O)(=O)CC)cc4)ccc3[C@H](C(C)C)C2)nc1. The van der Waals surface area contributed by atoms with E-state index in [0.29, 0.717) is 29.5 Å². The number of carbonyl (C=O) groups excluding carboxylic acids is 2. The van der Waals surface area contributed by atoms with Gasteiger partial charge >= 0.3 is 5.97 Å².